The number of hydrogen-bond acceptors (Lipinski definition) is 3. The number of rotatable bonds is 11. The highest BCUT2D eigenvalue weighted by molar-refractivity contribution is 5.87. The highest BCUT2D eigenvalue weighted by Gasteiger charge is 2.25. The van der Waals surface area contributed by atoms with Crippen LogP contribution >= 0.6 is 0 Å². The first-order valence-corrected chi connectivity index (χ1v) is 10.3. The van der Waals surface area contributed by atoms with Crippen LogP contribution in [-0.2, 0) is 22.6 Å². The molecule has 0 saturated carbocycles. The molecule has 5 nitrogen and oxygen atoms in total. The topological polar surface area (TPSA) is 58.6 Å². The standard InChI is InChI=1S/C24H32N2O3/c1-4-5-17-25-24(28)19(2)26(18-21-11-14-22(29-3)15-12-21)23(27)16-13-20-9-7-6-8-10-20/h6-12,14-15,19H,4-5,13,16-18H2,1-3H3,(H,25,28)/t19-/m0/s1. The quantitative estimate of drug-likeness (QED) is 0.585. The average molecular weight is 397 g/mol. The van der Waals surface area contributed by atoms with Gasteiger partial charge in [-0.15, -0.1) is 0 Å². The van der Waals surface area contributed by atoms with Gasteiger partial charge in [0.05, 0.1) is 7.11 Å². The molecule has 0 unspecified atom stereocenters. The van der Waals surface area contributed by atoms with E-state index in [-0.39, 0.29) is 11.8 Å². The molecule has 0 aliphatic carbocycles. The first-order valence-electron chi connectivity index (χ1n) is 10.3. The van der Waals surface area contributed by atoms with Crippen LogP contribution in [0.2, 0.25) is 0 Å². The number of hydrogen-bond donors (Lipinski definition) is 1. The molecule has 0 radical (unpaired) electrons. The fourth-order valence-electron chi connectivity index (χ4n) is 3.09. The number of carbonyl (C=O) groups is 2. The third-order valence-electron chi connectivity index (χ3n) is 4.98. The van der Waals surface area contributed by atoms with Crippen molar-refractivity contribution in [3.8, 4) is 5.75 Å². The summed E-state index contributed by atoms with van der Waals surface area (Å²) in [6.45, 7) is 4.90. The highest BCUT2D eigenvalue weighted by atomic mass is 16.5. The van der Waals surface area contributed by atoms with Gasteiger partial charge in [-0.1, -0.05) is 55.8 Å². The zero-order valence-electron chi connectivity index (χ0n) is 17.7. The Kier molecular flexibility index (Phi) is 9.22. The number of unbranched alkanes of at least 4 members (excludes halogenated alkanes) is 1. The molecule has 0 aliphatic heterocycles. The summed E-state index contributed by atoms with van der Waals surface area (Å²) in [7, 11) is 1.62. The van der Waals surface area contributed by atoms with E-state index in [1.54, 1.807) is 18.9 Å². The summed E-state index contributed by atoms with van der Waals surface area (Å²) in [5, 5.41) is 2.94. The number of aryl methyl sites for hydroxylation is 1. The van der Waals surface area contributed by atoms with E-state index in [0.29, 0.717) is 25.9 Å². The van der Waals surface area contributed by atoms with Crippen molar-refractivity contribution < 1.29 is 14.3 Å². The summed E-state index contributed by atoms with van der Waals surface area (Å²) in [6.07, 6.45) is 2.97. The summed E-state index contributed by atoms with van der Waals surface area (Å²) >= 11 is 0. The van der Waals surface area contributed by atoms with E-state index in [0.717, 1.165) is 29.7 Å². The van der Waals surface area contributed by atoms with Crippen molar-refractivity contribution in [3.05, 3.63) is 65.7 Å². The Balaban J connectivity index is 2.09. The Morgan fingerprint density at radius 1 is 1.03 bits per heavy atom. The summed E-state index contributed by atoms with van der Waals surface area (Å²) in [4.78, 5) is 27.3. The van der Waals surface area contributed by atoms with Gasteiger partial charge < -0.3 is 15.0 Å². The van der Waals surface area contributed by atoms with Crippen LogP contribution in [0.25, 0.3) is 0 Å². The number of amides is 2. The van der Waals surface area contributed by atoms with E-state index in [9.17, 15) is 9.59 Å². The highest BCUT2D eigenvalue weighted by Crippen LogP contribution is 2.16. The molecule has 0 spiro atoms. The zero-order chi connectivity index (χ0) is 21.1. The molecule has 0 aromatic heterocycles. The number of nitrogens with one attached hydrogen (secondary N) is 1. The second-order valence-corrected chi connectivity index (χ2v) is 7.18. The fourth-order valence-corrected chi connectivity index (χ4v) is 3.09. The van der Waals surface area contributed by atoms with E-state index in [1.165, 1.54) is 0 Å². The van der Waals surface area contributed by atoms with Crippen molar-refractivity contribution >= 4 is 11.8 Å². The minimum absolute atomic E-state index is 0.0252. The van der Waals surface area contributed by atoms with Crippen molar-refractivity contribution in [3.63, 3.8) is 0 Å². The molecular weight excluding hydrogens is 364 g/mol. The van der Waals surface area contributed by atoms with E-state index in [4.69, 9.17) is 4.74 Å². The molecule has 0 bridgehead atoms. The summed E-state index contributed by atoms with van der Waals surface area (Å²) < 4.78 is 5.21. The van der Waals surface area contributed by atoms with E-state index >= 15 is 0 Å². The normalized spacial score (nSPS) is 11.6. The largest absolute Gasteiger partial charge is 0.497 e. The lowest BCUT2D eigenvalue weighted by atomic mass is 10.1. The number of methoxy groups -OCH3 is 1. The average Bonchev–Trinajstić information content (AvgIpc) is 2.76. The molecule has 1 atom stereocenters. The van der Waals surface area contributed by atoms with Gasteiger partial charge in [-0.25, -0.2) is 0 Å². The van der Waals surface area contributed by atoms with Gasteiger partial charge in [0, 0.05) is 19.5 Å². The van der Waals surface area contributed by atoms with Gasteiger partial charge in [-0.2, -0.15) is 0 Å². The van der Waals surface area contributed by atoms with Crippen molar-refractivity contribution in [2.45, 2.75) is 52.1 Å². The molecule has 0 aliphatic rings. The van der Waals surface area contributed by atoms with Gasteiger partial charge in [-0.3, -0.25) is 9.59 Å². The third-order valence-corrected chi connectivity index (χ3v) is 4.98. The SMILES string of the molecule is CCCCNC(=O)[C@H](C)N(Cc1ccc(OC)cc1)C(=O)CCc1ccccc1. The van der Waals surface area contributed by atoms with Crippen molar-refractivity contribution in [1.82, 2.24) is 10.2 Å². The lowest BCUT2D eigenvalue weighted by Gasteiger charge is -2.29. The predicted octanol–water partition coefficient (Wildman–Crippen LogP) is 3.96. The Morgan fingerprint density at radius 2 is 1.72 bits per heavy atom. The van der Waals surface area contributed by atoms with E-state index in [1.807, 2.05) is 54.6 Å². The zero-order valence-corrected chi connectivity index (χ0v) is 17.7. The van der Waals surface area contributed by atoms with Gasteiger partial charge in [0.15, 0.2) is 0 Å². The molecule has 2 aromatic rings. The van der Waals surface area contributed by atoms with Crippen LogP contribution in [0.5, 0.6) is 5.75 Å². The minimum Gasteiger partial charge on any atom is -0.497 e. The van der Waals surface area contributed by atoms with E-state index in [2.05, 4.69) is 12.2 Å². The van der Waals surface area contributed by atoms with Crippen LogP contribution in [0.15, 0.2) is 54.6 Å². The molecule has 2 aromatic carbocycles. The van der Waals surface area contributed by atoms with Crippen LogP contribution in [0.1, 0.15) is 44.2 Å². The maximum Gasteiger partial charge on any atom is 0.242 e. The summed E-state index contributed by atoms with van der Waals surface area (Å²) in [6, 6.07) is 17.0. The number of carbonyl (C=O) groups excluding carboxylic acids is 2. The van der Waals surface area contributed by atoms with Crippen molar-refractivity contribution in [1.29, 1.82) is 0 Å². The minimum atomic E-state index is -0.530. The second-order valence-electron chi connectivity index (χ2n) is 7.18. The van der Waals surface area contributed by atoms with Gasteiger partial charge in [0.2, 0.25) is 11.8 Å². The van der Waals surface area contributed by atoms with E-state index < -0.39 is 6.04 Å². The Hall–Kier alpha value is -2.82. The third kappa shape index (κ3) is 7.26. The Labute approximate surface area is 174 Å². The molecule has 5 heteroatoms. The van der Waals surface area contributed by atoms with Gasteiger partial charge in [0.25, 0.3) is 0 Å². The number of ether oxygens (including phenoxy) is 1. The number of nitrogens with zero attached hydrogens (tertiary/aromatic N) is 1. The van der Waals surface area contributed by atoms with Crippen LogP contribution in [0, 0.1) is 0 Å². The lowest BCUT2D eigenvalue weighted by Crippen LogP contribution is -2.47. The predicted molar refractivity (Wildman–Crippen MR) is 116 cm³/mol. The summed E-state index contributed by atoms with van der Waals surface area (Å²) in [5.41, 5.74) is 2.08. The molecule has 2 rings (SSSR count). The smallest absolute Gasteiger partial charge is 0.242 e. The molecule has 0 saturated heterocycles. The molecular formula is C24H32N2O3. The Morgan fingerprint density at radius 3 is 2.34 bits per heavy atom. The van der Waals surface area contributed by atoms with Crippen molar-refractivity contribution in [2.24, 2.45) is 0 Å². The van der Waals surface area contributed by atoms with Gasteiger partial charge >= 0.3 is 0 Å². The molecule has 2 amide bonds. The van der Waals surface area contributed by atoms with Crippen LogP contribution in [0.4, 0.5) is 0 Å². The van der Waals surface area contributed by atoms with Crippen LogP contribution in [-0.4, -0.2) is 36.4 Å². The molecule has 29 heavy (non-hydrogen) atoms. The van der Waals surface area contributed by atoms with Crippen LogP contribution in [0.3, 0.4) is 0 Å². The summed E-state index contributed by atoms with van der Waals surface area (Å²) in [5.74, 6) is 0.629. The Bertz CT molecular complexity index is 759. The first kappa shape index (κ1) is 22.5. The maximum atomic E-state index is 13.0. The maximum absolute atomic E-state index is 13.0. The first-order chi connectivity index (χ1) is 14.0. The van der Waals surface area contributed by atoms with Crippen LogP contribution < -0.4 is 10.1 Å². The monoisotopic (exact) mass is 396 g/mol. The molecule has 1 N–H and O–H groups in total. The molecule has 0 heterocycles. The molecule has 156 valence electrons. The van der Waals surface area contributed by atoms with Crippen molar-refractivity contribution in [2.75, 3.05) is 13.7 Å². The fraction of sp³-hybridized carbons (Fsp3) is 0.417. The van der Waals surface area contributed by atoms with Gasteiger partial charge in [0.1, 0.15) is 11.8 Å². The molecule has 0 fully saturated rings. The second kappa shape index (κ2) is 11.9. The number of benzene rings is 2. The lowest BCUT2D eigenvalue weighted by molar-refractivity contribution is -0.140. The van der Waals surface area contributed by atoms with Gasteiger partial charge in [-0.05, 0) is 43.0 Å².